The summed E-state index contributed by atoms with van der Waals surface area (Å²) in [5.41, 5.74) is 3.08. The Hall–Kier alpha value is -2.75. The van der Waals surface area contributed by atoms with Crippen LogP contribution < -0.4 is 5.32 Å². The van der Waals surface area contributed by atoms with Crippen molar-refractivity contribution in [2.75, 3.05) is 5.32 Å². The molecule has 1 heterocycles. The number of anilines is 1. The normalized spacial score (nSPS) is 20.6. The molecule has 2 aromatic carbocycles. The number of amides is 1. The number of hydrogen-bond acceptors (Lipinski definition) is 2. The minimum Gasteiger partial charge on any atom is -0.326 e. The molecule has 1 aliphatic rings. The molecule has 1 atom stereocenters. The minimum absolute atomic E-state index is 0.0180. The van der Waals surface area contributed by atoms with Gasteiger partial charge in [0.1, 0.15) is 5.82 Å². The number of nitrogens with one attached hydrogen (secondary N) is 1. The summed E-state index contributed by atoms with van der Waals surface area (Å²) < 4.78 is 13.0. The molecule has 1 unspecified atom stereocenters. The van der Waals surface area contributed by atoms with Gasteiger partial charge < -0.3 is 5.32 Å². The number of carbonyl (C=O) groups excluding carboxylic acids is 1. The predicted octanol–water partition coefficient (Wildman–Crippen LogP) is 5.92. The zero-order valence-corrected chi connectivity index (χ0v) is 16.1. The second-order valence-electron chi connectivity index (χ2n) is 7.81. The molecule has 0 aliphatic heterocycles. The van der Waals surface area contributed by atoms with Crippen LogP contribution in [0.4, 0.5) is 10.1 Å². The molecule has 1 N–H and O–H groups in total. The number of benzene rings is 2. The molecule has 1 aliphatic carbocycles. The quantitative estimate of drug-likeness (QED) is 0.614. The zero-order chi connectivity index (χ0) is 19.5. The van der Waals surface area contributed by atoms with Crippen LogP contribution in [0.25, 0.3) is 10.9 Å². The Labute approximate surface area is 165 Å². The summed E-state index contributed by atoms with van der Waals surface area (Å²) in [7, 11) is 0. The fourth-order valence-electron chi connectivity index (χ4n) is 4.41. The van der Waals surface area contributed by atoms with E-state index in [1.165, 1.54) is 23.1 Å². The minimum atomic E-state index is -0.298. The molecule has 1 amide bonds. The van der Waals surface area contributed by atoms with Crippen molar-refractivity contribution in [1.29, 1.82) is 0 Å². The topological polar surface area (TPSA) is 42.0 Å². The lowest BCUT2D eigenvalue weighted by molar-refractivity contribution is -0.121. The van der Waals surface area contributed by atoms with Gasteiger partial charge >= 0.3 is 0 Å². The lowest BCUT2D eigenvalue weighted by atomic mass is 9.73. The molecule has 1 aromatic heterocycles. The summed E-state index contributed by atoms with van der Waals surface area (Å²) >= 11 is 0. The van der Waals surface area contributed by atoms with Crippen molar-refractivity contribution >= 4 is 22.5 Å². The standard InChI is InChI=1S/C24H25FN2O/c1-16(24(28)27-20-12-10-19(25)11-13-20)17-6-8-18(9-7-17)21-14-15-26-23-5-3-2-4-22(21)23/h2-5,10-18H,6-9H2,1H3,(H,27,28). The molecule has 0 radical (unpaired) electrons. The van der Waals surface area contributed by atoms with E-state index in [0.717, 1.165) is 31.2 Å². The largest absolute Gasteiger partial charge is 0.326 e. The molecule has 1 fully saturated rings. The Bertz CT molecular complexity index is 957. The summed E-state index contributed by atoms with van der Waals surface area (Å²) in [6, 6.07) is 16.4. The van der Waals surface area contributed by atoms with E-state index in [-0.39, 0.29) is 17.6 Å². The Kier molecular flexibility index (Phi) is 5.38. The van der Waals surface area contributed by atoms with E-state index >= 15 is 0 Å². The van der Waals surface area contributed by atoms with Crippen LogP contribution in [0.3, 0.4) is 0 Å². The maximum absolute atomic E-state index is 13.0. The van der Waals surface area contributed by atoms with Gasteiger partial charge in [0.05, 0.1) is 5.52 Å². The van der Waals surface area contributed by atoms with Gasteiger partial charge in [0.15, 0.2) is 0 Å². The van der Waals surface area contributed by atoms with Crippen LogP contribution in [0.15, 0.2) is 60.8 Å². The van der Waals surface area contributed by atoms with Crippen LogP contribution in [0.5, 0.6) is 0 Å². The number of fused-ring (bicyclic) bond motifs is 1. The second kappa shape index (κ2) is 8.09. The summed E-state index contributed by atoms with van der Waals surface area (Å²) in [5, 5.41) is 4.17. The number of aromatic nitrogens is 1. The van der Waals surface area contributed by atoms with Crippen molar-refractivity contribution in [3.05, 3.63) is 72.2 Å². The molecule has 0 bridgehead atoms. The fourth-order valence-corrected chi connectivity index (χ4v) is 4.41. The third-order valence-electron chi connectivity index (χ3n) is 6.13. The molecule has 0 saturated heterocycles. The lowest BCUT2D eigenvalue weighted by Crippen LogP contribution is -2.29. The molecule has 0 spiro atoms. The van der Waals surface area contributed by atoms with Gasteiger partial charge in [-0.1, -0.05) is 25.1 Å². The Morgan fingerprint density at radius 1 is 1.04 bits per heavy atom. The van der Waals surface area contributed by atoms with Crippen LogP contribution in [0.2, 0.25) is 0 Å². The van der Waals surface area contributed by atoms with E-state index in [2.05, 4.69) is 34.6 Å². The Morgan fingerprint density at radius 2 is 1.75 bits per heavy atom. The summed E-state index contributed by atoms with van der Waals surface area (Å²) in [6.07, 6.45) is 6.17. The smallest absolute Gasteiger partial charge is 0.227 e. The van der Waals surface area contributed by atoms with Crippen molar-refractivity contribution < 1.29 is 9.18 Å². The number of para-hydroxylation sites is 1. The fraction of sp³-hybridized carbons (Fsp3) is 0.333. The van der Waals surface area contributed by atoms with E-state index in [0.29, 0.717) is 17.5 Å². The number of pyridine rings is 1. The SMILES string of the molecule is CC(C(=O)Nc1ccc(F)cc1)C1CCC(c2ccnc3ccccc23)CC1. The summed E-state index contributed by atoms with van der Waals surface area (Å²) in [4.78, 5) is 17.1. The molecule has 3 nitrogen and oxygen atoms in total. The number of carbonyl (C=O) groups is 1. The Balaban J connectivity index is 1.39. The van der Waals surface area contributed by atoms with E-state index in [4.69, 9.17) is 0 Å². The molecule has 144 valence electrons. The molecular weight excluding hydrogens is 351 g/mol. The average Bonchev–Trinajstić information content (AvgIpc) is 2.74. The first-order chi connectivity index (χ1) is 13.6. The highest BCUT2D eigenvalue weighted by atomic mass is 19.1. The summed E-state index contributed by atoms with van der Waals surface area (Å²) in [6.45, 7) is 2.01. The van der Waals surface area contributed by atoms with E-state index in [1.807, 2.05) is 19.2 Å². The predicted molar refractivity (Wildman–Crippen MR) is 111 cm³/mol. The van der Waals surface area contributed by atoms with Gasteiger partial charge in [0.25, 0.3) is 0 Å². The molecular formula is C24H25FN2O. The van der Waals surface area contributed by atoms with Crippen LogP contribution in [0.1, 0.15) is 44.1 Å². The highest BCUT2D eigenvalue weighted by molar-refractivity contribution is 5.92. The van der Waals surface area contributed by atoms with Crippen LogP contribution in [0, 0.1) is 17.7 Å². The number of rotatable bonds is 4. The maximum Gasteiger partial charge on any atom is 0.227 e. The summed E-state index contributed by atoms with van der Waals surface area (Å²) in [5.74, 6) is 0.568. The molecule has 28 heavy (non-hydrogen) atoms. The first kappa shape index (κ1) is 18.6. The van der Waals surface area contributed by atoms with Crippen LogP contribution >= 0.6 is 0 Å². The van der Waals surface area contributed by atoms with Gasteiger partial charge in [-0.15, -0.1) is 0 Å². The number of halogens is 1. The lowest BCUT2D eigenvalue weighted by Gasteiger charge is -2.32. The van der Waals surface area contributed by atoms with Crippen LogP contribution in [-0.4, -0.2) is 10.9 Å². The second-order valence-corrected chi connectivity index (χ2v) is 7.81. The van der Waals surface area contributed by atoms with Crippen molar-refractivity contribution in [3.8, 4) is 0 Å². The van der Waals surface area contributed by atoms with Crippen molar-refractivity contribution in [3.63, 3.8) is 0 Å². The van der Waals surface area contributed by atoms with Crippen molar-refractivity contribution in [1.82, 2.24) is 4.98 Å². The van der Waals surface area contributed by atoms with E-state index in [1.54, 1.807) is 12.1 Å². The molecule has 3 aromatic rings. The molecule has 1 saturated carbocycles. The van der Waals surface area contributed by atoms with Gasteiger partial charge in [0, 0.05) is 23.2 Å². The van der Waals surface area contributed by atoms with Gasteiger partial charge in [-0.25, -0.2) is 4.39 Å². The first-order valence-corrected chi connectivity index (χ1v) is 10.0. The zero-order valence-electron chi connectivity index (χ0n) is 16.1. The van der Waals surface area contributed by atoms with Crippen LogP contribution in [-0.2, 0) is 4.79 Å². The maximum atomic E-state index is 13.0. The van der Waals surface area contributed by atoms with Gasteiger partial charge in [0.2, 0.25) is 5.91 Å². The molecule has 4 rings (SSSR count). The highest BCUT2D eigenvalue weighted by Gasteiger charge is 2.30. The first-order valence-electron chi connectivity index (χ1n) is 10.0. The van der Waals surface area contributed by atoms with Crippen molar-refractivity contribution in [2.24, 2.45) is 11.8 Å². The van der Waals surface area contributed by atoms with Gasteiger partial charge in [-0.05, 0) is 79.5 Å². The van der Waals surface area contributed by atoms with Gasteiger partial charge in [-0.2, -0.15) is 0 Å². The van der Waals surface area contributed by atoms with E-state index in [9.17, 15) is 9.18 Å². The average molecular weight is 376 g/mol. The third kappa shape index (κ3) is 3.91. The van der Waals surface area contributed by atoms with Crippen molar-refractivity contribution in [2.45, 2.75) is 38.5 Å². The molecule has 4 heteroatoms. The van der Waals surface area contributed by atoms with E-state index < -0.39 is 0 Å². The number of nitrogens with zero attached hydrogens (tertiary/aromatic N) is 1. The van der Waals surface area contributed by atoms with Gasteiger partial charge in [-0.3, -0.25) is 9.78 Å². The highest BCUT2D eigenvalue weighted by Crippen LogP contribution is 2.40. The Morgan fingerprint density at radius 3 is 2.50 bits per heavy atom. The monoisotopic (exact) mass is 376 g/mol. The third-order valence-corrected chi connectivity index (χ3v) is 6.13. The number of hydrogen-bond donors (Lipinski definition) is 1.